The van der Waals surface area contributed by atoms with Crippen molar-refractivity contribution < 1.29 is 17.6 Å². The Morgan fingerprint density at radius 2 is 1.64 bits per heavy atom. The minimum absolute atomic E-state index is 0.0173. The number of benzene rings is 1. The zero-order valence-electron chi connectivity index (χ0n) is 16.4. The van der Waals surface area contributed by atoms with E-state index < -0.39 is 26.3 Å². The van der Waals surface area contributed by atoms with Gasteiger partial charge in [-0.25, -0.2) is 17.5 Å². The van der Waals surface area contributed by atoms with Gasteiger partial charge in [0, 0.05) is 18.0 Å². The Balaban J connectivity index is 1.39. The third-order valence-electron chi connectivity index (χ3n) is 6.69. The molecule has 4 aliphatic rings. The molecular formula is C21H29FN2O3S. The molecule has 0 unspecified atom stereocenters. The van der Waals surface area contributed by atoms with E-state index in [1.54, 1.807) is 13.8 Å². The van der Waals surface area contributed by atoms with Crippen LogP contribution in [0.2, 0.25) is 0 Å². The second-order valence-electron chi connectivity index (χ2n) is 9.62. The summed E-state index contributed by atoms with van der Waals surface area (Å²) in [6, 6.07) is 5.48. The average Bonchev–Trinajstić information content (AvgIpc) is 2.56. The zero-order valence-corrected chi connectivity index (χ0v) is 17.3. The average molecular weight is 409 g/mol. The normalized spacial score (nSPS) is 31.8. The minimum atomic E-state index is -4.05. The molecule has 7 heteroatoms. The molecule has 5 nitrogen and oxygen atoms in total. The van der Waals surface area contributed by atoms with E-state index in [0.29, 0.717) is 11.8 Å². The predicted octanol–water partition coefficient (Wildman–Crippen LogP) is 3.21. The van der Waals surface area contributed by atoms with Gasteiger partial charge >= 0.3 is 0 Å². The van der Waals surface area contributed by atoms with E-state index in [-0.39, 0.29) is 18.4 Å². The highest BCUT2D eigenvalue weighted by molar-refractivity contribution is 7.89. The lowest BCUT2D eigenvalue weighted by atomic mass is 9.54. The minimum Gasteiger partial charge on any atom is -0.353 e. The number of carbonyl (C=O) groups is 1. The molecule has 154 valence electrons. The Hall–Kier alpha value is -1.47. The molecule has 4 fully saturated rings. The number of nitrogens with one attached hydrogen (secondary N) is 2. The maximum absolute atomic E-state index is 13.9. The quantitative estimate of drug-likeness (QED) is 0.759. The van der Waals surface area contributed by atoms with E-state index in [0.717, 1.165) is 17.9 Å². The second-order valence-corrected chi connectivity index (χ2v) is 11.3. The first kappa shape index (κ1) is 19.8. The highest BCUT2D eigenvalue weighted by atomic mass is 32.2. The van der Waals surface area contributed by atoms with Crippen LogP contribution in [0.5, 0.6) is 0 Å². The fourth-order valence-electron chi connectivity index (χ4n) is 5.92. The van der Waals surface area contributed by atoms with Crippen LogP contribution in [-0.2, 0) is 14.8 Å². The maximum Gasteiger partial charge on any atom is 0.243 e. The third kappa shape index (κ3) is 3.96. The molecule has 0 atom stereocenters. The number of sulfonamides is 1. The van der Waals surface area contributed by atoms with E-state index in [1.165, 1.54) is 50.3 Å². The van der Waals surface area contributed by atoms with Crippen LogP contribution in [0.4, 0.5) is 4.39 Å². The van der Waals surface area contributed by atoms with Crippen LogP contribution >= 0.6 is 0 Å². The molecule has 4 bridgehead atoms. The molecule has 1 aromatic carbocycles. The summed E-state index contributed by atoms with van der Waals surface area (Å²) in [5, 5.41) is 3.21. The van der Waals surface area contributed by atoms with Crippen LogP contribution in [0.15, 0.2) is 29.2 Å². The number of amides is 1. The maximum atomic E-state index is 13.9. The first-order chi connectivity index (χ1) is 13.1. The summed E-state index contributed by atoms with van der Waals surface area (Å²) in [6.45, 7) is 3.31. The van der Waals surface area contributed by atoms with Gasteiger partial charge in [0.1, 0.15) is 10.7 Å². The summed E-state index contributed by atoms with van der Waals surface area (Å²) in [6.07, 6.45) is 6.22. The smallest absolute Gasteiger partial charge is 0.243 e. The van der Waals surface area contributed by atoms with Crippen molar-refractivity contribution in [2.45, 2.75) is 68.8 Å². The Morgan fingerprint density at radius 1 is 1.07 bits per heavy atom. The zero-order chi connectivity index (χ0) is 20.1. The van der Waals surface area contributed by atoms with Crippen molar-refractivity contribution in [3.63, 3.8) is 0 Å². The summed E-state index contributed by atoms with van der Waals surface area (Å²) >= 11 is 0. The van der Waals surface area contributed by atoms with E-state index >= 15 is 0 Å². The molecule has 4 saturated carbocycles. The lowest BCUT2D eigenvalue weighted by Crippen LogP contribution is -2.57. The van der Waals surface area contributed by atoms with Crippen LogP contribution in [-0.4, -0.2) is 25.9 Å². The molecule has 0 saturated heterocycles. The summed E-state index contributed by atoms with van der Waals surface area (Å²) in [5.74, 6) is 1.86. The molecule has 1 aromatic rings. The van der Waals surface area contributed by atoms with Gasteiger partial charge in [0.15, 0.2) is 0 Å². The largest absolute Gasteiger partial charge is 0.353 e. The molecule has 28 heavy (non-hydrogen) atoms. The lowest BCUT2D eigenvalue weighted by molar-refractivity contribution is -0.126. The van der Waals surface area contributed by atoms with Crippen LogP contribution in [0.1, 0.15) is 52.4 Å². The van der Waals surface area contributed by atoms with Gasteiger partial charge in [0.05, 0.1) is 0 Å². The van der Waals surface area contributed by atoms with Crippen LogP contribution in [0.25, 0.3) is 0 Å². The summed E-state index contributed by atoms with van der Waals surface area (Å²) in [7, 11) is -4.05. The van der Waals surface area contributed by atoms with Crippen molar-refractivity contribution in [3.05, 3.63) is 30.1 Å². The van der Waals surface area contributed by atoms with Crippen molar-refractivity contribution in [3.8, 4) is 0 Å². The Labute approximate surface area is 166 Å². The van der Waals surface area contributed by atoms with Gasteiger partial charge < -0.3 is 5.32 Å². The Kier molecular flexibility index (Phi) is 5.02. The second kappa shape index (κ2) is 7.10. The summed E-state index contributed by atoms with van der Waals surface area (Å²) in [5.41, 5.74) is -1.02. The molecule has 0 heterocycles. The van der Waals surface area contributed by atoms with E-state index in [9.17, 15) is 17.6 Å². The first-order valence-electron chi connectivity index (χ1n) is 10.2. The summed E-state index contributed by atoms with van der Waals surface area (Å²) < 4.78 is 41.5. The van der Waals surface area contributed by atoms with Gasteiger partial charge in [-0.1, -0.05) is 12.1 Å². The van der Waals surface area contributed by atoms with Crippen molar-refractivity contribution in [1.29, 1.82) is 0 Å². The van der Waals surface area contributed by atoms with Gasteiger partial charge in [-0.3, -0.25) is 4.79 Å². The van der Waals surface area contributed by atoms with Gasteiger partial charge in [0.25, 0.3) is 0 Å². The fraction of sp³-hybridized carbons (Fsp3) is 0.667. The van der Waals surface area contributed by atoms with E-state index in [4.69, 9.17) is 0 Å². The fourth-order valence-corrected chi connectivity index (χ4v) is 7.41. The number of rotatable bonds is 6. The molecule has 0 spiro atoms. The number of hydrogen-bond acceptors (Lipinski definition) is 3. The number of halogens is 1. The highest BCUT2D eigenvalue weighted by Gasteiger charge is 2.48. The van der Waals surface area contributed by atoms with Crippen LogP contribution < -0.4 is 10.0 Å². The van der Waals surface area contributed by atoms with E-state index in [1.807, 2.05) is 0 Å². The first-order valence-corrected chi connectivity index (χ1v) is 11.7. The molecular weight excluding hydrogens is 379 g/mol. The van der Waals surface area contributed by atoms with Gasteiger partial charge in [-0.05, 0) is 81.8 Å². The molecule has 1 amide bonds. The molecule has 0 radical (unpaired) electrons. The molecule has 0 aliphatic heterocycles. The summed E-state index contributed by atoms with van der Waals surface area (Å²) in [4.78, 5) is 12.3. The molecule has 4 aliphatic carbocycles. The Morgan fingerprint density at radius 3 is 2.21 bits per heavy atom. The van der Waals surface area contributed by atoms with Crippen molar-refractivity contribution in [1.82, 2.24) is 10.0 Å². The monoisotopic (exact) mass is 408 g/mol. The molecule has 5 rings (SSSR count). The number of carbonyl (C=O) groups excluding carboxylic acids is 1. The van der Waals surface area contributed by atoms with Gasteiger partial charge in [-0.2, -0.15) is 0 Å². The predicted molar refractivity (Wildman–Crippen MR) is 104 cm³/mol. The van der Waals surface area contributed by atoms with E-state index in [2.05, 4.69) is 10.0 Å². The van der Waals surface area contributed by atoms with Crippen LogP contribution in [0.3, 0.4) is 0 Å². The number of hydrogen-bond donors (Lipinski definition) is 2. The molecule has 0 aromatic heterocycles. The van der Waals surface area contributed by atoms with Crippen LogP contribution in [0, 0.1) is 29.5 Å². The van der Waals surface area contributed by atoms with Gasteiger partial charge in [0.2, 0.25) is 15.9 Å². The SMILES string of the molecule is CC(C)(CC(=O)NC1C2CC3CC(C2)CC1C3)NS(=O)(=O)c1ccccc1F. The van der Waals surface area contributed by atoms with Crippen molar-refractivity contribution in [2.75, 3.05) is 0 Å². The van der Waals surface area contributed by atoms with Gasteiger partial charge in [-0.15, -0.1) is 0 Å². The lowest BCUT2D eigenvalue weighted by Gasteiger charge is -2.54. The highest BCUT2D eigenvalue weighted by Crippen LogP contribution is 2.53. The third-order valence-corrected chi connectivity index (χ3v) is 8.43. The Bertz CT molecular complexity index is 840. The van der Waals surface area contributed by atoms with Crippen molar-refractivity contribution >= 4 is 15.9 Å². The standard InChI is InChI=1S/C21H29FN2O3S/c1-21(2,24-28(26,27)18-6-4-3-5-17(18)22)12-19(25)23-20-15-8-13-7-14(10-15)11-16(20)9-13/h3-6,13-16,20,24H,7-12H2,1-2H3,(H,23,25). The topological polar surface area (TPSA) is 75.3 Å². The molecule has 2 N–H and O–H groups in total. The van der Waals surface area contributed by atoms with Crippen molar-refractivity contribution in [2.24, 2.45) is 23.7 Å².